The zero-order chi connectivity index (χ0) is 26.2. The quantitative estimate of drug-likeness (QED) is 0.537. The molecule has 1 fully saturated rings. The van der Waals surface area contributed by atoms with Crippen molar-refractivity contribution in [2.24, 2.45) is 18.9 Å². The van der Waals surface area contributed by atoms with Crippen LogP contribution >= 0.6 is 0 Å². The molecule has 2 N–H and O–H groups in total. The highest BCUT2D eigenvalue weighted by atomic mass is 32.2. The van der Waals surface area contributed by atoms with Gasteiger partial charge in [0.2, 0.25) is 5.91 Å². The fourth-order valence-corrected chi connectivity index (χ4v) is 5.32. The number of nitrogens with one attached hydrogen (secondary N) is 1. The second-order valence-electron chi connectivity index (χ2n) is 9.73. The van der Waals surface area contributed by atoms with Crippen LogP contribution in [0.4, 0.5) is 5.69 Å². The number of carbonyl (C=O) groups excluding carboxylic acids is 2. The highest BCUT2D eigenvalue weighted by Crippen LogP contribution is 2.37. The van der Waals surface area contributed by atoms with Gasteiger partial charge in [0.1, 0.15) is 6.10 Å². The van der Waals surface area contributed by atoms with Gasteiger partial charge < -0.3 is 24.6 Å². The number of ether oxygens (including phenoxy) is 1. The molecule has 11 nitrogen and oxygen atoms in total. The number of nitrogens with zero attached hydrogens (tertiary/aromatic N) is 4. The Labute approximate surface area is 211 Å². The molecule has 2 heterocycles. The maximum absolute atomic E-state index is 13.5. The van der Waals surface area contributed by atoms with Crippen molar-refractivity contribution >= 4 is 27.5 Å². The number of para-hydroxylation sites is 1. The first-order valence-corrected chi connectivity index (χ1v) is 13.4. The number of benzene rings is 1. The highest BCUT2D eigenvalue weighted by Gasteiger charge is 2.37. The Morgan fingerprint density at radius 3 is 2.69 bits per heavy atom. The predicted molar refractivity (Wildman–Crippen MR) is 132 cm³/mol. The summed E-state index contributed by atoms with van der Waals surface area (Å²) in [5.41, 5.74) is 0.611. The summed E-state index contributed by atoms with van der Waals surface area (Å²) in [5.74, 6) is -0.618. The molecule has 0 radical (unpaired) electrons. The van der Waals surface area contributed by atoms with Gasteiger partial charge in [0, 0.05) is 38.7 Å². The van der Waals surface area contributed by atoms with Crippen molar-refractivity contribution in [1.29, 1.82) is 0 Å². The number of anilines is 1. The van der Waals surface area contributed by atoms with Gasteiger partial charge in [0.25, 0.3) is 15.9 Å². The third-order valence-electron chi connectivity index (χ3n) is 6.69. The number of fused-ring (bicyclic) bond motifs is 1. The minimum Gasteiger partial charge on any atom is -0.486 e. The smallest absolute Gasteiger partial charge is 0.261 e. The number of amides is 2. The van der Waals surface area contributed by atoms with Crippen LogP contribution in [0.15, 0.2) is 35.7 Å². The van der Waals surface area contributed by atoms with Crippen LogP contribution in [0.1, 0.15) is 37.0 Å². The zero-order valence-electron chi connectivity index (χ0n) is 20.9. The number of aliphatic hydroxyl groups excluding tert-OH is 1. The number of likely N-dealkylation sites (N-methyl/N-ethyl adjacent to an activating group) is 1. The van der Waals surface area contributed by atoms with Gasteiger partial charge in [-0.1, -0.05) is 13.0 Å². The van der Waals surface area contributed by atoms with Gasteiger partial charge >= 0.3 is 0 Å². The van der Waals surface area contributed by atoms with Gasteiger partial charge in [-0.25, -0.2) is 13.4 Å². The van der Waals surface area contributed by atoms with Crippen molar-refractivity contribution in [1.82, 2.24) is 18.8 Å². The summed E-state index contributed by atoms with van der Waals surface area (Å²) in [6.45, 7) is 3.62. The molecule has 4 rings (SSSR count). The first-order chi connectivity index (χ1) is 17.0. The van der Waals surface area contributed by atoms with E-state index in [-0.39, 0.29) is 59.7 Å². The van der Waals surface area contributed by atoms with E-state index < -0.39 is 22.2 Å². The normalized spacial score (nSPS) is 21.4. The van der Waals surface area contributed by atoms with E-state index in [4.69, 9.17) is 4.74 Å². The van der Waals surface area contributed by atoms with E-state index in [1.807, 2.05) is 6.92 Å². The van der Waals surface area contributed by atoms with Crippen LogP contribution in [0.5, 0.6) is 5.75 Å². The van der Waals surface area contributed by atoms with Crippen LogP contribution in [0, 0.1) is 11.8 Å². The summed E-state index contributed by atoms with van der Waals surface area (Å²) in [6.07, 6.45) is 3.82. The number of aliphatic hydroxyl groups is 1. The second-order valence-corrected chi connectivity index (χ2v) is 11.7. The van der Waals surface area contributed by atoms with E-state index in [0.717, 1.165) is 12.8 Å². The van der Waals surface area contributed by atoms with E-state index in [9.17, 15) is 23.1 Å². The number of rotatable bonds is 8. The molecule has 3 atom stereocenters. The topological polar surface area (TPSA) is 134 Å². The molecule has 0 unspecified atom stereocenters. The molecule has 1 aromatic carbocycles. The van der Waals surface area contributed by atoms with Gasteiger partial charge in [0.15, 0.2) is 10.8 Å². The van der Waals surface area contributed by atoms with Gasteiger partial charge in [-0.05, 0) is 31.9 Å². The van der Waals surface area contributed by atoms with E-state index in [1.165, 1.54) is 23.9 Å². The molecule has 1 aliphatic carbocycles. The monoisotopic (exact) mass is 519 g/mol. The SMILES string of the molecule is C[C@H](CO)N1C[C@H](C)[C@@H](CN(C)S(=O)(=O)c2cn(C)cn2)Oc2c(NC(=O)C3CC3)cccc2C1=O. The highest BCUT2D eigenvalue weighted by molar-refractivity contribution is 7.89. The molecular formula is C24H33N5O6S. The molecule has 0 saturated heterocycles. The number of imidazole rings is 1. The maximum Gasteiger partial charge on any atom is 0.261 e. The fourth-order valence-electron chi connectivity index (χ4n) is 4.17. The van der Waals surface area contributed by atoms with Gasteiger partial charge in [-0.2, -0.15) is 4.31 Å². The average Bonchev–Trinajstić information content (AvgIpc) is 3.61. The summed E-state index contributed by atoms with van der Waals surface area (Å²) in [5, 5.41) is 12.6. The third kappa shape index (κ3) is 5.25. The molecule has 2 amide bonds. The Balaban J connectivity index is 1.70. The Morgan fingerprint density at radius 2 is 2.08 bits per heavy atom. The van der Waals surface area contributed by atoms with Crippen LogP contribution in [0.25, 0.3) is 0 Å². The lowest BCUT2D eigenvalue weighted by Gasteiger charge is -2.38. The minimum absolute atomic E-state index is 0.0139. The second kappa shape index (κ2) is 10.2. The molecule has 196 valence electrons. The van der Waals surface area contributed by atoms with E-state index in [2.05, 4.69) is 10.3 Å². The van der Waals surface area contributed by atoms with Crippen molar-refractivity contribution in [2.45, 2.75) is 43.9 Å². The molecule has 36 heavy (non-hydrogen) atoms. The summed E-state index contributed by atoms with van der Waals surface area (Å²) in [7, 11) is -0.739. The molecule has 1 aliphatic heterocycles. The van der Waals surface area contributed by atoms with Gasteiger partial charge in [-0.3, -0.25) is 9.59 Å². The van der Waals surface area contributed by atoms with Crippen LogP contribution in [-0.4, -0.2) is 83.0 Å². The number of carbonyl (C=O) groups is 2. The lowest BCUT2D eigenvalue weighted by Crippen LogP contribution is -2.50. The van der Waals surface area contributed by atoms with Crippen molar-refractivity contribution in [3.63, 3.8) is 0 Å². The molecule has 1 saturated carbocycles. The standard InChI is InChI=1S/C24H33N5O6S/c1-15-10-29(16(2)13-30)24(32)18-6-5-7-19(26-23(31)17-8-9-17)22(18)35-20(15)11-28(4)36(33,34)21-12-27(3)14-25-21/h5-7,12,14-17,20,30H,8-11,13H2,1-4H3,(H,26,31)/t15-,16+,20+/m0/s1. The number of sulfonamides is 1. The summed E-state index contributed by atoms with van der Waals surface area (Å²) in [6, 6.07) is 4.49. The Kier molecular flexibility index (Phi) is 7.39. The number of hydrogen-bond donors (Lipinski definition) is 2. The molecule has 12 heteroatoms. The fraction of sp³-hybridized carbons (Fsp3) is 0.542. The molecule has 0 spiro atoms. The molecule has 2 aliphatic rings. The van der Waals surface area contributed by atoms with E-state index >= 15 is 0 Å². The van der Waals surface area contributed by atoms with E-state index in [1.54, 1.807) is 41.6 Å². The molecule has 2 aromatic rings. The largest absolute Gasteiger partial charge is 0.486 e. The maximum atomic E-state index is 13.5. The molecular weight excluding hydrogens is 486 g/mol. The summed E-state index contributed by atoms with van der Waals surface area (Å²) in [4.78, 5) is 31.6. The number of hydrogen-bond acceptors (Lipinski definition) is 7. The molecule has 1 aromatic heterocycles. The number of aryl methyl sites for hydroxylation is 1. The van der Waals surface area contributed by atoms with Crippen molar-refractivity contribution in [3.8, 4) is 5.75 Å². The molecule has 0 bridgehead atoms. The van der Waals surface area contributed by atoms with Crippen LogP contribution in [-0.2, 0) is 21.9 Å². The zero-order valence-corrected chi connectivity index (χ0v) is 21.7. The van der Waals surface area contributed by atoms with Crippen molar-refractivity contribution in [3.05, 3.63) is 36.3 Å². The van der Waals surface area contributed by atoms with Crippen LogP contribution in [0.2, 0.25) is 0 Å². The van der Waals surface area contributed by atoms with Gasteiger partial charge in [-0.15, -0.1) is 0 Å². The van der Waals surface area contributed by atoms with Crippen molar-refractivity contribution < 1.29 is 27.9 Å². The number of aromatic nitrogens is 2. The van der Waals surface area contributed by atoms with Crippen LogP contribution < -0.4 is 10.1 Å². The minimum atomic E-state index is -3.89. The predicted octanol–water partition coefficient (Wildman–Crippen LogP) is 1.31. The Bertz CT molecular complexity index is 1240. The third-order valence-corrected chi connectivity index (χ3v) is 8.40. The first kappa shape index (κ1) is 26.1. The van der Waals surface area contributed by atoms with Gasteiger partial charge in [0.05, 0.1) is 36.8 Å². The van der Waals surface area contributed by atoms with E-state index in [0.29, 0.717) is 5.69 Å². The van der Waals surface area contributed by atoms with Crippen molar-refractivity contribution in [2.75, 3.05) is 32.1 Å². The Morgan fingerprint density at radius 1 is 1.36 bits per heavy atom. The first-order valence-electron chi connectivity index (χ1n) is 12.0. The summed E-state index contributed by atoms with van der Waals surface area (Å²) >= 11 is 0. The average molecular weight is 520 g/mol. The summed E-state index contributed by atoms with van der Waals surface area (Å²) < 4.78 is 35.4. The lowest BCUT2D eigenvalue weighted by molar-refractivity contribution is -0.117. The lowest BCUT2D eigenvalue weighted by atomic mass is 9.99. The van der Waals surface area contributed by atoms with Crippen LogP contribution in [0.3, 0.4) is 0 Å². The Hall–Kier alpha value is -2.96.